The molecule has 2 rings (SSSR count). The van der Waals surface area contributed by atoms with Gasteiger partial charge in [-0.05, 0) is 18.6 Å². The van der Waals surface area contributed by atoms with Crippen LogP contribution in [-0.4, -0.2) is 78.6 Å². The third-order valence-corrected chi connectivity index (χ3v) is 6.94. The molecular weight excluding hydrogens is 386 g/mol. The number of piperazine rings is 1. The predicted molar refractivity (Wildman–Crippen MR) is 106 cm³/mol. The molecule has 1 aliphatic heterocycles. The molecule has 156 valence electrons. The summed E-state index contributed by atoms with van der Waals surface area (Å²) in [6.07, 6.45) is 0. The van der Waals surface area contributed by atoms with Crippen LogP contribution in [0.3, 0.4) is 0 Å². The SMILES string of the molecule is CCN(CC)S(=O)(=O)N1CCN(CC(=O)Nc2ccc([N+](=O)[O-])cc2C)CC1. The van der Waals surface area contributed by atoms with Crippen molar-refractivity contribution in [3.8, 4) is 0 Å². The van der Waals surface area contributed by atoms with Crippen LogP contribution in [0, 0.1) is 17.0 Å². The molecule has 0 saturated carbocycles. The number of nitrogens with one attached hydrogen (secondary N) is 1. The van der Waals surface area contributed by atoms with Gasteiger partial charge in [-0.15, -0.1) is 0 Å². The van der Waals surface area contributed by atoms with Gasteiger partial charge in [-0.2, -0.15) is 17.0 Å². The number of non-ortho nitro benzene ring substituents is 1. The smallest absolute Gasteiger partial charge is 0.282 e. The maximum Gasteiger partial charge on any atom is 0.282 e. The molecular formula is C17H27N5O5S. The Kier molecular flexibility index (Phi) is 7.47. The zero-order valence-electron chi connectivity index (χ0n) is 16.4. The van der Waals surface area contributed by atoms with Crippen LogP contribution in [0.15, 0.2) is 18.2 Å². The second-order valence-corrected chi connectivity index (χ2v) is 8.50. The van der Waals surface area contributed by atoms with Crippen LogP contribution >= 0.6 is 0 Å². The van der Waals surface area contributed by atoms with E-state index >= 15 is 0 Å². The average Bonchev–Trinajstić information content (AvgIpc) is 2.64. The zero-order chi connectivity index (χ0) is 20.9. The molecule has 1 aliphatic rings. The summed E-state index contributed by atoms with van der Waals surface area (Å²) >= 11 is 0. The number of rotatable bonds is 8. The molecule has 1 fully saturated rings. The molecule has 0 aromatic heterocycles. The zero-order valence-corrected chi connectivity index (χ0v) is 17.2. The molecule has 1 aromatic carbocycles. The maximum atomic E-state index is 12.5. The second-order valence-electron chi connectivity index (χ2n) is 6.57. The predicted octanol–water partition coefficient (Wildman–Crippen LogP) is 1.05. The number of amides is 1. The number of aryl methyl sites for hydroxylation is 1. The summed E-state index contributed by atoms with van der Waals surface area (Å²) in [6.45, 7) is 7.90. The van der Waals surface area contributed by atoms with Crippen molar-refractivity contribution in [2.45, 2.75) is 20.8 Å². The van der Waals surface area contributed by atoms with Crippen LogP contribution < -0.4 is 5.32 Å². The molecule has 0 spiro atoms. The lowest BCUT2D eigenvalue weighted by atomic mass is 10.2. The van der Waals surface area contributed by atoms with Crippen LogP contribution in [0.4, 0.5) is 11.4 Å². The Morgan fingerprint density at radius 1 is 1.21 bits per heavy atom. The summed E-state index contributed by atoms with van der Waals surface area (Å²) in [5, 5.41) is 13.5. The Morgan fingerprint density at radius 2 is 1.82 bits per heavy atom. The summed E-state index contributed by atoms with van der Waals surface area (Å²) in [5.74, 6) is -0.239. The van der Waals surface area contributed by atoms with Crippen molar-refractivity contribution in [3.63, 3.8) is 0 Å². The van der Waals surface area contributed by atoms with Gasteiger partial charge in [0.05, 0.1) is 11.5 Å². The molecule has 0 unspecified atom stereocenters. The largest absolute Gasteiger partial charge is 0.325 e. The van der Waals surface area contributed by atoms with E-state index in [0.29, 0.717) is 50.5 Å². The van der Waals surface area contributed by atoms with E-state index in [2.05, 4.69) is 5.32 Å². The first-order chi connectivity index (χ1) is 13.2. The molecule has 0 atom stereocenters. The topological polar surface area (TPSA) is 116 Å². The van der Waals surface area contributed by atoms with Crippen LogP contribution in [0.2, 0.25) is 0 Å². The molecule has 1 aromatic rings. The van der Waals surface area contributed by atoms with Gasteiger partial charge < -0.3 is 5.32 Å². The van der Waals surface area contributed by atoms with Crippen molar-refractivity contribution in [1.29, 1.82) is 0 Å². The summed E-state index contributed by atoms with van der Waals surface area (Å²) in [5.41, 5.74) is 1.11. The van der Waals surface area contributed by atoms with Crippen LogP contribution in [0.25, 0.3) is 0 Å². The fourth-order valence-corrected chi connectivity index (χ4v) is 4.73. The van der Waals surface area contributed by atoms with E-state index in [0.717, 1.165) is 0 Å². The van der Waals surface area contributed by atoms with Crippen LogP contribution in [0.5, 0.6) is 0 Å². The minimum atomic E-state index is -3.46. The van der Waals surface area contributed by atoms with E-state index in [4.69, 9.17) is 0 Å². The van der Waals surface area contributed by atoms with E-state index < -0.39 is 15.1 Å². The van der Waals surface area contributed by atoms with E-state index in [1.807, 2.05) is 18.7 Å². The highest BCUT2D eigenvalue weighted by Gasteiger charge is 2.31. The van der Waals surface area contributed by atoms with Gasteiger partial charge in [-0.1, -0.05) is 13.8 Å². The highest BCUT2D eigenvalue weighted by molar-refractivity contribution is 7.86. The molecule has 1 saturated heterocycles. The number of hydrogen-bond acceptors (Lipinski definition) is 6. The average molecular weight is 414 g/mol. The van der Waals surface area contributed by atoms with Gasteiger partial charge >= 0.3 is 0 Å². The van der Waals surface area contributed by atoms with Crippen LogP contribution in [0.1, 0.15) is 19.4 Å². The van der Waals surface area contributed by atoms with Crippen molar-refractivity contribution in [1.82, 2.24) is 13.5 Å². The monoisotopic (exact) mass is 413 g/mol. The third kappa shape index (κ3) is 5.25. The van der Waals surface area contributed by atoms with Crippen molar-refractivity contribution < 1.29 is 18.1 Å². The summed E-state index contributed by atoms with van der Waals surface area (Å²) in [6, 6.07) is 4.27. The molecule has 1 N–H and O–H groups in total. The number of carbonyl (C=O) groups excluding carboxylic acids is 1. The van der Waals surface area contributed by atoms with Crippen LogP contribution in [-0.2, 0) is 15.0 Å². The Bertz CT molecular complexity index is 817. The van der Waals surface area contributed by atoms with Gasteiger partial charge in [0.15, 0.2) is 0 Å². The second kappa shape index (κ2) is 9.41. The Labute approximate surface area is 165 Å². The van der Waals surface area contributed by atoms with E-state index in [1.165, 1.54) is 26.8 Å². The number of anilines is 1. The van der Waals surface area contributed by atoms with Gasteiger partial charge in [0.2, 0.25) is 5.91 Å². The van der Waals surface area contributed by atoms with E-state index in [9.17, 15) is 23.3 Å². The standard InChI is InChI=1S/C17H27N5O5S/c1-4-20(5-2)28(26,27)21-10-8-19(9-11-21)13-17(23)18-16-7-6-15(22(24)25)12-14(16)3/h6-7,12H,4-5,8-11,13H2,1-3H3,(H,18,23). The van der Waals surface area contributed by atoms with E-state index in [1.54, 1.807) is 6.92 Å². The molecule has 1 amide bonds. The lowest BCUT2D eigenvalue weighted by Crippen LogP contribution is -2.54. The van der Waals surface area contributed by atoms with Crippen molar-refractivity contribution in [2.24, 2.45) is 0 Å². The fraction of sp³-hybridized carbons (Fsp3) is 0.588. The van der Waals surface area contributed by atoms with Gasteiger partial charge in [0.1, 0.15) is 0 Å². The van der Waals surface area contributed by atoms with Crippen molar-refractivity contribution in [2.75, 3.05) is 51.1 Å². The fourth-order valence-electron chi connectivity index (χ4n) is 3.13. The molecule has 1 heterocycles. The minimum Gasteiger partial charge on any atom is -0.325 e. The van der Waals surface area contributed by atoms with Crippen molar-refractivity contribution >= 4 is 27.5 Å². The molecule has 28 heavy (non-hydrogen) atoms. The molecule has 11 heteroatoms. The lowest BCUT2D eigenvalue weighted by molar-refractivity contribution is -0.384. The van der Waals surface area contributed by atoms with Crippen molar-refractivity contribution in [3.05, 3.63) is 33.9 Å². The Balaban J connectivity index is 1.89. The van der Waals surface area contributed by atoms with Gasteiger partial charge in [0, 0.05) is 57.1 Å². The molecule has 10 nitrogen and oxygen atoms in total. The summed E-state index contributed by atoms with van der Waals surface area (Å²) < 4.78 is 28.0. The third-order valence-electron chi connectivity index (χ3n) is 4.75. The normalized spacial score (nSPS) is 16.3. The van der Waals surface area contributed by atoms with Gasteiger partial charge in [-0.3, -0.25) is 19.8 Å². The maximum absolute atomic E-state index is 12.5. The first kappa shape index (κ1) is 22.2. The summed E-state index contributed by atoms with van der Waals surface area (Å²) in [4.78, 5) is 24.5. The number of carbonyl (C=O) groups is 1. The Hall–Kier alpha value is -2.08. The molecule has 0 aliphatic carbocycles. The first-order valence-electron chi connectivity index (χ1n) is 9.21. The minimum absolute atomic E-state index is 0.0268. The van der Waals surface area contributed by atoms with Gasteiger partial charge in [-0.25, -0.2) is 0 Å². The van der Waals surface area contributed by atoms with E-state index in [-0.39, 0.29) is 18.1 Å². The number of nitro benzene ring substituents is 1. The first-order valence-corrected chi connectivity index (χ1v) is 10.6. The quantitative estimate of drug-likeness (QED) is 0.503. The molecule has 0 radical (unpaired) electrons. The highest BCUT2D eigenvalue weighted by Crippen LogP contribution is 2.21. The summed E-state index contributed by atoms with van der Waals surface area (Å²) in [7, 11) is -3.46. The lowest BCUT2D eigenvalue weighted by Gasteiger charge is -2.35. The highest BCUT2D eigenvalue weighted by atomic mass is 32.2. The molecule has 0 bridgehead atoms. The number of nitrogens with zero attached hydrogens (tertiary/aromatic N) is 4. The number of benzene rings is 1. The number of nitro groups is 1. The number of hydrogen-bond donors (Lipinski definition) is 1. The Morgan fingerprint density at radius 3 is 2.32 bits per heavy atom. The van der Waals surface area contributed by atoms with Gasteiger partial charge in [0.25, 0.3) is 15.9 Å².